The number of benzene rings is 3. The maximum absolute atomic E-state index is 11.1. The van der Waals surface area contributed by atoms with Crippen LogP contribution in [0, 0.1) is 0 Å². The quantitative estimate of drug-likeness (QED) is 0.395. The van der Waals surface area contributed by atoms with E-state index in [0.717, 1.165) is 38.0 Å². The summed E-state index contributed by atoms with van der Waals surface area (Å²) in [6.07, 6.45) is 3.20. The van der Waals surface area contributed by atoms with Gasteiger partial charge in [0.1, 0.15) is 0 Å². The molecule has 0 heterocycles. The minimum absolute atomic E-state index is 0.0448. The van der Waals surface area contributed by atoms with E-state index in [9.17, 15) is 4.79 Å². The second kappa shape index (κ2) is 11.9. The van der Waals surface area contributed by atoms with E-state index in [1.165, 1.54) is 11.1 Å². The van der Waals surface area contributed by atoms with Crippen LogP contribution in [0.15, 0.2) is 84.9 Å². The molecule has 2 N–H and O–H groups in total. The Morgan fingerprint density at radius 1 is 0.800 bits per heavy atom. The summed E-state index contributed by atoms with van der Waals surface area (Å²) in [5.74, 6) is -0.903. The molecular formula is C26H29NO3. The molecule has 0 radical (unpaired) electrons. The second-order valence-electron chi connectivity index (χ2n) is 7.32. The van der Waals surface area contributed by atoms with E-state index in [0.29, 0.717) is 12.2 Å². The van der Waals surface area contributed by atoms with E-state index >= 15 is 0 Å². The first-order valence-electron chi connectivity index (χ1n) is 10.5. The molecule has 4 heteroatoms. The minimum Gasteiger partial charge on any atom is -0.478 e. The van der Waals surface area contributed by atoms with Crippen LogP contribution in [0.25, 0.3) is 0 Å². The average Bonchev–Trinajstić information content (AvgIpc) is 2.79. The first kappa shape index (κ1) is 21.8. The molecule has 0 spiro atoms. The molecule has 0 fully saturated rings. The van der Waals surface area contributed by atoms with Crippen LogP contribution in [0.2, 0.25) is 0 Å². The largest absolute Gasteiger partial charge is 0.478 e. The van der Waals surface area contributed by atoms with Gasteiger partial charge in [0.15, 0.2) is 0 Å². The Labute approximate surface area is 178 Å². The summed E-state index contributed by atoms with van der Waals surface area (Å²) in [6, 6.07) is 27.7. The van der Waals surface area contributed by atoms with Gasteiger partial charge in [0.2, 0.25) is 0 Å². The van der Waals surface area contributed by atoms with E-state index in [4.69, 9.17) is 9.84 Å². The van der Waals surface area contributed by atoms with Crippen molar-refractivity contribution >= 4 is 5.97 Å². The SMILES string of the molecule is O=C(O)c1ccc(C(NCCCCCOCc2ccccc2)c2ccccc2)cc1. The van der Waals surface area contributed by atoms with Gasteiger partial charge in [0, 0.05) is 6.61 Å². The highest BCUT2D eigenvalue weighted by atomic mass is 16.5. The smallest absolute Gasteiger partial charge is 0.335 e. The van der Waals surface area contributed by atoms with Gasteiger partial charge in [0.25, 0.3) is 0 Å². The second-order valence-corrected chi connectivity index (χ2v) is 7.32. The van der Waals surface area contributed by atoms with Crippen LogP contribution < -0.4 is 5.32 Å². The van der Waals surface area contributed by atoms with Crippen LogP contribution in [0.4, 0.5) is 0 Å². The minimum atomic E-state index is -0.903. The van der Waals surface area contributed by atoms with Gasteiger partial charge in [-0.1, -0.05) is 72.8 Å². The van der Waals surface area contributed by atoms with E-state index in [1.807, 2.05) is 48.5 Å². The average molecular weight is 404 g/mol. The van der Waals surface area contributed by atoms with Gasteiger partial charge in [0.05, 0.1) is 18.2 Å². The molecule has 1 atom stereocenters. The number of carbonyl (C=O) groups is 1. The fourth-order valence-corrected chi connectivity index (χ4v) is 3.41. The van der Waals surface area contributed by atoms with Crippen LogP contribution in [0.5, 0.6) is 0 Å². The molecule has 0 saturated carbocycles. The van der Waals surface area contributed by atoms with Crippen LogP contribution in [-0.4, -0.2) is 24.2 Å². The predicted octanol–water partition coefficient (Wildman–Crippen LogP) is 5.45. The molecule has 0 bridgehead atoms. The van der Waals surface area contributed by atoms with Gasteiger partial charge in [-0.15, -0.1) is 0 Å². The number of carboxylic acid groups (broad SMARTS) is 1. The van der Waals surface area contributed by atoms with Crippen molar-refractivity contribution < 1.29 is 14.6 Å². The highest BCUT2D eigenvalue weighted by Gasteiger charge is 2.14. The Balaban J connectivity index is 1.44. The van der Waals surface area contributed by atoms with E-state index in [1.54, 1.807) is 12.1 Å². The van der Waals surface area contributed by atoms with Crippen LogP contribution in [-0.2, 0) is 11.3 Å². The summed E-state index contributed by atoms with van der Waals surface area (Å²) in [4.78, 5) is 11.1. The Kier molecular flexibility index (Phi) is 8.63. The van der Waals surface area contributed by atoms with Gasteiger partial charge in [-0.2, -0.15) is 0 Å². The normalized spacial score (nSPS) is 11.9. The fraction of sp³-hybridized carbons (Fsp3) is 0.269. The zero-order valence-electron chi connectivity index (χ0n) is 17.2. The van der Waals surface area contributed by atoms with Crippen LogP contribution in [0.1, 0.15) is 52.4 Å². The molecule has 156 valence electrons. The molecule has 3 aromatic rings. The third kappa shape index (κ3) is 6.83. The number of ether oxygens (including phenoxy) is 1. The predicted molar refractivity (Wildman–Crippen MR) is 120 cm³/mol. The molecule has 0 aliphatic rings. The van der Waals surface area contributed by atoms with Crippen molar-refractivity contribution in [1.82, 2.24) is 5.32 Å². The lowest BCUT2D eigenvalue weighted by Crippen LogP contribution is -2.23. The molecule has 1 unspecified atom stereocenters. The number of unbranched alkanes of at least 4 members (excludes halogenated alkanes) is 2. The molecule has 3 aromatic carbocycles. The Hall–Kier alpha value is -2.95. The van der Waals surface area contributed by atoms with Crippen LogP contribution in [0.3, 0.4) is 0 Å². The van der Waals surface area contributed by atoms with Crippen molar-refractivity contribution in [2.24, 2.45) is 0 Å². The topological polar surface area (TPSA) is 58.6 Å². The van der Waals surface area contributed by atoms with E-state index in [-0.39, 0.29) is 6.04 Å². The summed E-state index contributed by atoms with van der Waals surface area (Å²) in [6.45, 7) is 2.33. The Morgan fingerprint density at radius 2 is 1.43 bits per heavy atom. The van der Waals surface area contributed by atoms with Crippen molar-refractivity contribution in [3.05, 3.63) is 107 Å². The van der Waals surface area contributed by atoms with Gasteiger partial charge in [-0.25, -0.2) is 4.79 Å². The molecule has 0 saturated heterocycles. The van der Waals surface area contributed by atoms with Gasteiger partial charge < -0.3 is 15.2 Å². The van der Waals surface area contributed by atoms with E-state index < -0.39 is 5.97 Å². The maximum Gasteiger partial charge on any atom is 0.335 e. The summed E-state index contributed by atoms with van der Waals surface area (Å²) in [5.41, 5.74) is 3.75. The van der Waals surface area contributed by atoms with Gasteiger partial charge >= 0.3 is 5.97 Å². The third-order valence-corrected chi connectivity index (χ3v) is 5.05. The Bertz CT molecular complexity index is 879. The highest BCUT2D eigenvalue weighted by Crippen LogP contribution is 2.22. The lowest BCUT2D eigenvalue weighted by Gasteiger charge is -2.20. The number of nitrogens with one attached hydrogen (secondary N) is 1. The number of aromatic carboxylic acids is 1. The lowest BCUT2D eigenvalue weighted by atomic mass is 9.97. The van der Waals surface area contributed by atoms with Crippen molar-refractivity contribution in [1.29, 1.82) is 0 Å². The molecule has 0 aliphatic carbocycles. The number of hydrogen-bond acceptors (Lipinski definition) is 3. The fourth-order valence-electron chi connectivity index (χ4n) is 3.41. The monoisotopic (exact) mass is 403 g/mol. The summed E-state index contributed by atoms with van der Waals surface area (Å²) < 4.78 is 5.75. The number of hydrogen-bond donors (Lipinski definition) is 2. The van der Waals surface area contributed by atoms with Crippen molar-refractivity contribution in [2.75, 3.05) is 13.2 Å². The number of carboxylic acids is 1. The molecule has 0 amide bonds. The molecule has 0 aromatic heterocycles. The highest BCUT2D eigenvalue weighted by molar-refractivity contribution is 5.87. The standard InChI is InChI=1S/C26H29NO3/c28-26(29)24-16-14-23(15-17-24)25(22-12-6-2-7-13-22)27-18-8-3-9-19-30-20-21-10-4-1-5-11-21/h1-2,4-7,10-17,25,27H,3,8-9,18-20H2,(H,28,29). The number of rotatable bonds is 12. The zero-order chi connectivity index (χ0) is 21.0. The molecule has 30 heavy (non-hydrogen) atoms. The molecule has 3 rings (SSSR count). The summed E-state index contributed by atoms with van der Waals surface area (Å²) >= 11 is 0. The Morgan fingerprint density at radius 3 is 2.10 bits per heavy atom. The van der Waals surface area contributed by atoms with Crippen molar-refractivity contribution in [2.45, 2.75) is 31.9 Å². The first-order chi connectivity index (χ1) is 14.7. The maximum atomic E-state index is 11.1. The summed E-state index contributed by atoms with van der Waals surface area (Å²) in [7, 11) is 0. The third-order valence-electron chi connectivity index (χ3n) is 5.05. The van der Waals surface area contributed by atoms with Gasteiger partial charge in [-0.3, -0.25) is 0 Å². The van der Waals surface area contributed by atoms with Crippen LogP contribution >= 0.6 is 0 Å². The first-order valence-corrected chi connectivity index (χ1v) is 10.5. The zero-order valence-corrected chi connectivity index (χ0v) is 17.2. The van der Waals surface area contributed by atoms with E-state index in [2.05, 4.69) is 29.6 Å². The summed E-state index contributed by atoms with van der Waals surface area (Å²) in [5, 5.41) is 12.8. The van der Waals surface area contributed by atoms with Crippen molar-refractivity contribution in [3.63, 3.8) is 0 Å². The molecular weight excluding hydrogens is 374 g/mol. The molecule has 0 aliphatic heterocycles. The lowest BCUT2D eigenvalue weighted by molar-refractivity contribution is 0.0697. The van der Waals surface area contributed by atoms with Gasteiger partial charge in [-0.05, 0) is 54.6 Å². The molecule has 4 nitrogen and oxygen atoms in total. The van der Waals surface area contributed by atoms with Crippen molar-refractivity contribution in [3.8, 4) is 0 Å².